The molecule has 2 heterocycles. The number of hydrogen-bond donors (Lipinski definition) is 2. The monoisotopic (exact) mass is 252 g/mol. The number of hydrogen-bond acceptors (Lipinski definition) is 5. The van der Waals surface area contributed by atoms with Gasteiger partial charge in [0.25, 0.3) is 5.91 Å². The number of carbonyl (C=O) groups excluding carboxylic acids is 1. The van der Waals surface area contributed by atoms with Gasteiger partial charge in [0.2, 0.25) is 0 Å². The summed E-state index contributed by atoms with van der Waals surface area (Å²) >= 11 is 1.90. The van der Waals surface area contributed by atoms with Crippen molar-refractivity contribution in [2.75, 3.05) is 30.0 Å². The number of thioether (sulfide) groups is 1. The molecule has 0 spiro atoms. The van der Waals surface area contributed by atoms with Crippen LogP contribution in [0.2, 0.25) is 0 Å². The van der Waals surface area contributed by atoms with Crippen LogP contribution in [0.4, 0.5) is 5.82 Å². The first-order valence-corrected chi connectivity index (χ1v) is 6.76. The number of nitrogen functional groups attached to an aromatic ring is 1. The van der Waals surface area contributed by atoms with E-state index in [1.165, 1.54) is 0 Å². The highest BCUT2D eigenvalue weighted by atomic mass is 32.2. The number of carbonyl (C=O) groups is 1. The van der Waals surface area contributed by atoms with Crippen LogP contribution in [-0.4, -0.2) is 40.4 Å². The number of nitrogens with zero attached hydrogens (tertiary/aromatic N) is 2. The average molecular weight is 252 g/mol. The molecule has 1 aromatic heterocycles. The van der Waals surface area contributed by atoms with Gasteiger partial charge in [-0.3, -0.25) is 4.79 Å². The Labute approximate surface area is 105 Å². The number of pyridine rings is 1. The molecule has 92 valence electrons. The Balaban J connectivity index is 2.06. The van der Waals surface area contributed by atoms with Crippen LogP contribution < -0.4 is 11.3 Å². The van der Waals surface area contributed by atoms with Gasteiger partial charge in [0.05, 0.1) is 5.56 Å². The minimum absolute atomic E-state index is 0.0589. The highest BCUT2D eigenvalue weighted by Gasteiger charge is 2.17. The lowest BCUT2D eigenvalue weighted by molar-refractivity contribution is 0.0768. The summed E-state index contributed by atoms with van der Waals surface area (Å²) in [5.41, 5.74) is 3.06. The third-order valence-corrected chi connectivity index (χ3v) is 3.72. The summed E-state index contributed by atoms with van der Waals surface area (Å²) in [7, 11) is 0. The molecule has 0 bridgehead atoms. The zero-order valence-electron chi connectivity index (χ0n) is 9.56. The lowest BCUT2D eigenvalue weighted by Crippen LogP contribution is -2.33. The van der Waals surface area contributed by atoms with Gasteiger partial charge >= 0.3 is 0 Å². The van der Waals surface area contributed by atoms with E-state index in [1.54, 1.807) is 18.3 Å². The Morgan fingerprint density at radius 1 is 1.41 bits per heavy atom. The average Bonchev–Trinajstić information content (AvgIpc) is 2.67. The molecule has 0 unspecified atom stereocenters. The molecule has 5 nitrogen and oxygen atoms in total. The lowest BCUT2D eigenvalue weighted by atomic mass is 10.2. The number of nitrogens with two attached hydrogens (primary N) is 1. The maximum atomic E-state index is 12.2. The SMILES string of the molecule is NNc1ccc(C(=O)N2CCCSCC2)cn1. The zero-order chi connectivity index (χ0) is 12.1. The third-order valence-electron chi connectivity index (χ3n) is 2.67. The van der Waals surface area contributed by atoms with Crippen LogP contribution in [0.3, 0.4) is 0 Å². The van der Waals surface area contributed by atoms with E-state index in [0.29, 0.717) is 11.4 Å². The Kier molecular flexibility index (Phi) is 4.22. The summed E-state index contributed by atoms with van der Waals surface area (Å²) in [5, 5.41) is 0. The molecule has 0 saturated carbocycles. The van der Waals surface area contributed by atoms with E-state index in [4.69, 9.17) is 5.84 Å². The van der Waals surface area contributed by atoms with E-state index in [0.717, 1.165) is 31.0 Å². The molecule has 1 aromatic rings. The van der Waals surface area contributed by atoms with Gasteiger partial charge < -0.3 is 10.3 Å². The number of nitrogens with one attached hydrogen (secondary N) is 1. The van der Waals surface area contributed by atoms with E-state index in [1.807, 2.05) is 16.7 Å². The van der Waals surface area contributed by atoms with Crippen molar-refractivity contribution in [2.24, 2.45) is 5.84 Å². The van der Waals surface area contributed by atoms with Gasteiger partial charge in [-0.05, 0) is 24.3 Å². The predicted octanol–water partition coefficient (Wildman–Crippen LogP) is 0.946. The van der Waals surface area contributed by atoms with E-state index < -0.39 is 0 Å². The van der Waals surface area contributed by atoms with Crippen molar-refractivity contribution in [2.45, 2.75) is 6.42 Å². The molecule has 1 amide bonds. The number of aromatic nitrogens is 1. The van der Waals surface area contributed by atoms with Crippen molar-refractivity contribution in [3.8, 4) is 0 Å². The summed E-state index contributed by atoms with van der Waals surface area (Å²) in [6, 6.07) is 3.46. The molecule has 0 atom stereocenters. The van der Waals surface area contributed by atoms with Gasteiger partial charge in [-0.2, -0.15) is 11.8 Å². The highest BCUT2D eigenvalue weighted by molar-refractivity contribution is 7.99. The molecule has 1 aliphatic rings. The number of anilines is 1. The quantitative estimate of drug-likeness (QED) is 0.605. The third kappa shape index (κ3) is 3.10. The van der Waals surface area contributed by atoms with Crippen LogP contribution in [0.15, 0.2) is 18.3 Å². The van der Waals surface area contributed by atoms with Gasteiger partial charge in [0, 0.05) is 25.0 Å². The number of hydrazine groups is 1. The van der Waals surface area contributed by atoms with Gasteiger partial charge in [0.1, 0.15) is 5.82 Å². The summed E-state index contributed by atoms with van der Waals surface area (Å²) in [6.45, 7) is 1.66. The number of amides is 1. The van der Waals surface area contributed by atoms with Crippen molar-refractivity contribution >= 4 is 23.5 Å². The second-order valence-electron chi connectivity index (χ2n) is 3.83. The number of rotatable bonds is 2. The fraction of sp³-hybridized carbons (Fsp3) is 0.455. The molecule has 17 heavy (non-hydrogen) atoms. The predicted molar refractivity (Wildman–Crippen MR) is 69.9 cm³/mol. The molecule has 1 fully saturated rings. The zero-order valence-corrected chi connectivity index (χ0v) is 10.4. The highest BCUT2D eigenvalue weighted by Crippen LogP contribution is 2.13. The van der Waals surface area contributed by atoms with Gasteiger partial charge in [-0.25, -0.2) is 10.8 Å². The van der Waals surface area contributed by atoms with Crippen molar-refractivity contribution in [1.29, 1.82) is 0 Å². The van der Waals surface area contributed by atoms with Gasteiger partial charge in [0.15, 0.2) is 0 Å². The molecule has 0 radical (unpaired) electrons. The summed E-state index contributed by atoms with van der Waals surface area (Å²) in [4.78, 5) is 18.1. The van der Waals surface area contributed by atoms with E-state index in [-0.39, 0.29) is 5.91 Å². The molecule has 0 aliphatic carbocycles. The fourth-order valence-electron chi connectivity index (χ4n) is 1.74. The first kappa shape index (κ1) is 12.2. The molecule has 1 saturated heterocycles. The Hall–Kier alpha value is -1.27. The van der Waals surface area contributed by atoms with Crippen molar-refractivity contribution in [1.82, 2.24) is 9.88 Å². The van der Waals surface area contributed by atoms with Crippen LogP contribution in [-0.2, 0) is 0 Å². The molecule has 3 N–H and O–H groups in total. The molecule has 2 rings (SSSR count). The normalized spacial score (nSPS) is 16.4. The van der Waals surface area contributed by atoms with E-state index in [2.05, 4.69) is 10.4 Å². The largest absolute Gasteiger partial charge is 0.338 e. The van der Waals surface area contributed by atoms with Crippen molar-refractivity contribution < 1.29 is 4.79 Å². The smallest absolute Gasteiger partial charge is 0.255 e. The molecule has 0 aromatic carbocycles. The van der Waals surface area contributed by atoms with Crippen LogP contribution in [0, 0.1) is 0 Å². The van der Waals surface area contributed by atoms with Crippen LogP contribution >= 0.6 is 11.8 Å². The summed E-state index contributed by atoms with van der Waals surface area (Å²) in [5.74, 6) is 8.00. The topological polar surface area (TPSA) is 71.2 Å². The molecular weight excluding hydrogens is 236 g/mol. The Bertz CT molecular complexity index is 374. The molecule has 6 heteroatoms. The minimum atomic E-state index is 0.0589. The van der Waals surface area contributed by atoms with Gasteiger partial charge in [-0.1, -0.05) is 0 Å². The Morgan fingerprint density at radius 2 is 2.29 bits per heavy atom. The second-order valence-corrected chi connectivity index (χ2v) is 5.06. The maximum absolute atomic E-state index is 12.2. The summed E-state index contributed by atoms with van der Waals surface area (Å²) < 4.78 is 0. The van der Waals surface area contributed by atoms with E-state index >= 15 is 0 Å². The van der Waals surface area contributed by atoms with Crippen molar-refractivity contribution in [3.63, 3.8) is 0 Å². The second kappa shape index (κ2) is 5.88. The first-order chi connectivity index (χ1) is 8.31. The summed E-state index contributed by atoms with van der Waals surface area (Å²) in [6.07, 6.45) is 2.63. The molecular formula is C11H16N4OS. The van der Waals surface area contributed by atoms with Crippen LogP contribution in [0.5, 0.6) is 0 Å². The van der Waals surface area contributed by atoms with Gasteiger partial charge in [-0.15, -0.1) is 0 Å². The van der Waals surface area contributed by atoms with Crippen LogP contribution in [0.25, 0.3) is 0 Å². The van der Waals surface area contributed by atoms with Crippen LogP contribution in [0.1, 0.15) is 16.8 Å². The van der Waals surface area contributed by atoms with Crippen molar-refractivity contribution in [3.05, 3.63) is 23.9 Å². The maximum Gasteiger partial charge on any atom is 0.255 e. The standard InChI is InChI=1S/C11H16N4OS/c12-14-10-3-2-9(8-13-10)11(16)15-4-1-6-17-7-5-15/h2-3,8H,1,4-7,12H2,(H,13,14). The fourth-order valence-corrected chi connectivity index (χ4v) is 2.62. The minimum Gasteiger partial charge on any atom is -0.338 e. The van der Waals surface area contributed by atoms with E-state index in [9.17, 15) is 4.79 Å². The Morgan fingerprint density at radius 3 is 3.00 bits per heavy atom. The molecule has 1 aliphatic heterocycles. The lowest BCUT2D eigenvalue weighted by Gasteiger charge is -2.19. The first-order valence-electron chi connectivity index (χ1n) is 5.61.